The Bertz CT molecular complexity index is 596. The van der Waals surface area contributed by atoms with E-state index in [2.05, 4.69) is 0 Å². The van der Waals surface area contributed by atoms with E-state index in [1.54, 1.807) is 18.1 Å². The zero-order valence-corrected chi connectivity index (χ0v) is 14.7. The summed E-state index contributed by atoms with van der Waals surface area (Å²) in [6.07, 6.45) is 0.763. The number of piperazine rings is 1. The third-order valence-corrected chi connectivity index (χ3v) is 4.37. The van der Waals surface area contributed by atoms with Gasteiger partial charge in [0.05, 0.1) is 13.5 Å². The van der Waals surface area contributed by atoms with Crippen LogP contribution in [-0.2, 0) is 16.0 Å². The van der Waals surface area contributed by atoms with Gasteiger partial charge in [-0.15, -0.1) is 0 Å². The monoisotopic (exact) mass is 338 g/mol. The van der Waals surface area contributed by atoms with Gasteiger partial charge in [-0.3, -0.25) is 9.59 Å². The van der Waals surface area contributed by atoms with Gasteiger partial charge in [-0.2, -0.15) is 0 Å². The van der Waals surface area contributed by atoms with Crippen LogP contribution in [0.1, 0.15) is 24.5 Å². The number of carbonyl (C=O) groups is 2. The number of hydrogen-bond donors (Lipinski definition) is 0. The Morgan fingerprint density at radius 3 is 2.22 bits per heavy atom. The first-order chi connectivity index (χ1) is 11.0. The summed E-state index contributed by atoms with van der Waals surface area (Å²) in [5.74, 6) is 0.889. The molecule has 0 aromatic heterocycles. The molecule has 0 bridgehead atoms. The second-order valence-corrected chi connectivity index (χ2v) is 6.14. The van der Waals surface area contributed by atoms with E-state index in [0.29, 0.717) is 43.4 Å². The highest BCUT2D eigenvalue weighted by atomic mass is 35.5. The smallest absolute Gasteiger partial charge is 0.227 e. The van der Waals surface area contributed by atoms with E-state index in [1.807, 2.05) is 24.8 Å². The molecule has 1 aromatic rings. The lowest BCUT2D eigenvalue weighted by Crippen LogP contribution is -2.50. The summed E-state index contributed by atoms with van der Waals surface area (Å²) >= 11 is 6.09. The molecule has 1 heterocycles. The minimum absolute atomic E-state index is 0.0357. The molecule has 1 aliphatic rings. The largest absolute Gasteiger partial charge is 0.496 e. The second-order valence-electron chi connectivity index (χ2n) is 5.71. The van der Waals surface area contributed by atoms with Crippen LogP contribution in [0.5, 0.6) is 5.75 Å². The summed E-state index contributed by atoms with van der Waals surface area (Å²) in [6, 6.07) is 3.60. The number of rotatable bonds is 4. The van der Waals surface area contributed by atoms with Gasteiger partial charge in [0.1, 0.15) is 5.75 Å². The minimum atomic E-state index is 0.0357. The number of amides is 2. The fraction of sp³-hybridized carbons (Fsp3) is 0.529. The molecule has 0 spiro atoms. The molecule has 0 aliphatic carbocycles. The summed E-state index contributed by atoms with van der Waals surface area (Å²) in [5.41, 5.74) is 1.72. The van der Waals surface area contributed by atoms with Crippen molar-refractivity contribution in [2.45, 2.75) is 26.7 Å². The predicted molar refractivity (Wildman–Crippen MR) is 89.9 cm³/mol. The fourth-order valence-corrected chi connectivity index (χ4v) is 3.22. The number of carbonyl (C=O) groups excluding carboxylic acids is 2. The lowest BCUT2D eigenvalue weighted by Gasteiger charge is -2.34. The third kappa shape index (κ3) is 4.16. The Balaban J connectivity index is 2.02. The molecule has 1 aromatic carbocycles. The maximum atomic E-state index is 12.5. The lowest BCUT2D eigenvalue weighted by atomic mass is 10.1. The standard InChI is InChI=1S/C17H23ClN2O3/c1-4-15(21)19-5-7-20(8-6-19)16(22)11-13-10-14(18)9-12(2)17(13)23-3/h9-10H,4-8,11H2,1-3H3. The van der Waals surface area contributed by atoms with Gasteiger partial charge in [-0.1, -0.05) is 18.5 Å². The molecule has 2 amide bonds. The van der Waals surface area contributed by atoms with Crippen LogP contribution in [0.25, 0.3) is 0 Å². The van der Waals surface area contributed by atoms with E-state index >= 15 is 0 Å². The SMILES string of the molecule is CCC(=O)N1CCN(C(=O)Cc2cc(Cl)cc(C)c2OC)CC1. The van der Waals surface area contributed by atoms with Gasteiger partial charge < -0.3 is 14.5 Å². The van der Waals surface area contributed by atoms with Crippen molar-refractivity contribution in [1.29, 1.82) is 0 Å². The van der Waals surface area contributed by atoms with Gasteiger partial charge in [0.2, 0.25) is 11.8 Å². The van der Waals surface area contributed by atoms with Gasteiger partial charge in [-0.25, -0.2) is 0 Å². The third-order valence-electron chi connectivity index (χ3n) is 4.15. The highest BCUT2D eigenvalue weighted by molar-refractivity contribution is 6.30. The highest BCUT2D eigenvalue weighted by Crippen LogP contribution is 2.28. The number of halogens is 1. The molecule has 0 saturated carbocycles. The van der Waals surface area contributed by atoms with Crippen molar-refractivity contribution in [2.24, 2.45) is 0 Å². The molecule has 0 N–H and O–H groups in total. The number of hydrogen-bond acceptors (Lipinski definition) is 3. The summed E-state index contributed by atoms with van der Waals surface area (Å²) in [4.78, 5) is 27.8. The van der Waals surface area contributed by atoms with Crippen LogP contribution in [0.2, 0.25) is 5.02 Å². The van der Waals surface area contributed by atoms with Crippen molar-refractivity contribution in [3.63, 3.8) is 0 Å². The summed E-state index contributed by atoms with van der Waals surface area (Å²) < 4.78 is 5.40. The molecule has 1 fully saturated rings. The first-order valence-electron chi connectivity index (χ1n) is 7.84. The average Bonchev–Trinajstić information content (AvgIpc) is 2.54. The maximum absolute atomic E-state index is 12.5. The van der Waals surface area contributed by atoms with Crippen LogP contribution in [0.4, 0.5) is 0 Å². The predicted octanol–water partition coefficient (Wildman–Crippen LogP) is 2.28. The molecule has 23 heavy (non-hydrogen) atoms. The topological polar surface area (TPSA) is 49.9 Å². The number of nitrogens with zero attached hydrogens (tertiary/aromatic N) is 2. The Kier molecular flexibility index (Phi) is 5.88. The van der Waals surface area contributed by atoms with Crippen LogP contribution in [0, 0.1) is 6.92 Å². The molecule has 1 aliphatic heterocycles. The zero-order valence-electron chi connectivity index (χ0n) is 13.9. The van der Waals surface area contributed by atoms with E-state index in [9.17, 15) is 9.59 Å². The van der Waals surface area contributed by atoms with Crippen LogP contribution in [0.15, 0.2) is 12.1 Å². The molecule has 0 unspecified atom stereocenters. The Morgan fingerprint density at radius 2 is 1.70 bits per heavy atom. The second kappa shape index (κ2) is 7.68. The van der Waals surface area contributed by atoms with E-state index in [1.165, 1.54) is 0 Å². The van der Waals surface area contributed by atoms with Crippen molar-refractivity contribution in [1.82, 2.24) is 9.80 Å². The molecule has 5 nitrogen and oxygen atoms in total. The Morgan fingerprint density at radius 1 is 1.13 bits per heavy atom. The lowest BCUT2D eigenvalue weighted by molar-refractivity contribution is -0.139. The molecule has 6 heteroatoms. The average molecular weight is 339 g/mol. The van der Waals surface area contributed by atoms with Gasteiger partial charge in [0, 0.05) is 43.2 Å². The van der Waals surface area contributed by atoms with Crippen LogP contribution < -0.4 is 4.74 Å². The van der Waals surface area contributed by atoms with Crippen LogP contribution in [0.3, 0.4) is 0 Å². The minimum Gasteiger partial charge on any atom is -0.496 e. The summed E-state index contributed by atoms with van der Waals surface area (Å²) in [7, 11) is 1.60. The molecule has 0 radical (unpaired) electrons. The van der Waals surface area contributed by atoms with Crippen molar-refractivity contribution < 1.29 is 14.3 Å². The van der Waals surface area contributed by atoms with Gasteiger partial charge >= 0.3 is 0 Å². The van der Waals surface area contributed by atoms with Gasteiger partial charge in [0.25, 0.3) is 0 Å². The first-order valence-corrected chi connectivity index (χ1v) is 8.22. The normalized spacial score (nSPS) is 14.8. The van der Waals surface area contributed by atoms with Crippen LogP contribution >= 0.6 is 11.6 Å². The Hall–Kier alpha value is -1.75. The van der Waals surface area contributed by atoms with E-state index < -0.39 is 0 Å². The zero-order chi connectivity index (χ0) is 17.0. The Labute approximate surface area is 142 Å². The highest BCUT2D eigenvalue weighted by Gasteiger charge is 2.24. The summed E-state index contributed by atoms with van der Waals surface area (Å²) in [5, 5.41) is 0.601. The number of benzene rings is 1. The molecular formula is C17H23ClN2O3. The molecular weight excluding hydrogens is 316 g/mol. The summed E-state index contributed by atoms with van der Waals surface area (Å²) in [6.45, 7) is 6.12. The fourth-order valence-electron chi connectivity index (χ4n) is 2.93. The number of aryl methyl sites for hydroxylation is 1. The molecule has 2 rings (SSSR count). The van der Waals surface area contributed by atoms with Crippen molar-refractivity contribution >= 4 is 23.4 Å². The first kappa shape index (κ1) is 17.6. The molecule has 1 saturated heterocycles. The van der Waals surface area contributed by atoms with E-state index in [-0.39, 0.29) is 18.2 Å². The van der Waals surface area contributed by atoms with Crippen molar-refractivity contribution in [3.05, 3.63) is 28.3 Å². The quantitative estimate of drug-likeness (QED) is 0.846. The maximum Gasteiger partial charge on any atom is 0.227 e. The van der Waals surface area contributed by atoms with Crippen LogP contribution in [-0.4, -0.2) is 54.9 Å². The van der Waals surface area contributed by atoms with Gasteiger partial charge in [0.15, 0.2) is 0 Å². The van der Waals surface area contributed by atoms with Gasteiger partial charge in [-0.05, 0) is 24.6 Å². The van der Waals surface area contributed by atoms with Crippen molar-refractivity contribution in [2.75, 3.05) is 33.3 Å². The number of ether oxygens (including phenoxy) is 1. The number of methoxy groups -OCH3 is 1. The molecule has 126 valence electrons. The molecule has 0 atom stereocenters. The van der Waals surface area contributed by atoms with E-state index in [4.69, 9.17) is 16.3 Å². The van der Waals surface area contributed by atoms with E-state index in [0.717, 1.165) is 11.1 Å². The van der Waals surface area contributed by atoms with Crippen molar-refractivity contribution in [3.8, 4) is 5.75 Å².